The van der Waals surface area contributed by atoms with Gasteiger partial charge in [-0.3, -0.25) is 4.99 Å². The Morgan fingerprint density at radius 1 is 1.19 bits per heavy atom. The number of rotatable bonds is 11. The summed E-state index contributed by atoms with van der Waals surface area (Å²) in [6, 6.07) is 0. The maximum absolute atomic E-state index is 10.7. The van der Waals surface area contributed by atoms with Crippen molar-refractivity contribution in [2.45, 2.75) is 49.2 Å². The molecular formula is C15H27NO10. The van der Waals surface area contributed by atoms with E-state index >= 15 is 0 Å². The summed E-state index contributed by atoms with van der Waals surface area (Å²) in [5.74, 6) is 0. The second-order valence-corrected chi connectivity index (χ2v) is 5.62. The fourth-order valence-electron chi connectivity index (χ4n) is 2.34. The van der Waals surface area contributed by atoms with Crippen LogP contribution in [0.3, 0.4) is 0 Å². The average molecular weight is 381 g/mol. The van der Waals surface area contributed by atoms with E-state index in [9.17, 15) is 25.2 Å². The first-order valence-corrected chi connectivity index (χ1v) is 7.93. The van der Waals surface area contributed by atoms with Gasteiger partial charge in [-0.05, 0) is 0 Å². The number of carbonyl (C=O) groups is 1. The molecule has 1 aliphatic heterocycles. The molecule has 1 heterocycles. The first kappa shape index (κ1) is 23.0. The van der Waals surface area contributed by atoms with Crippen molar-refractivity contribution < 1.29 is 48.9 Å². The number of carbonyl (C=O) groups excluding carboxylic acids is 1. The summed E-state index contributed by atoms with van der Waals surface area (Å²) in [5, 5.41) is 39.3. The number of nitrogens with zero attached hydrogens (tertiary/aromatic N) is 1. The molecule has 26 heavy (non-hydrogen) atoms. The van der Waals surface area contributed by atoms with Crippen LogP contribution in [-0.2, 0) is 28.5 Å². The maximum Gasteiger partial charge on any atom is 0.190 e. The Balaban J connectivity index is 2.70. The van der Waals surface area contributed by atoms with Gasteiger partial charge in [-0.15, -0.1) is 0 Å². The lowest BCUT2D eigenvalue weighted by atomic mass is 9.99. The molecule has 11 heteroatoms. The third-order valence-electron chi connectivity index (χ3n) is 3.70. The van der Waals surface area contributed by atoms with Crippen LogP contribution in [0.1, 0.15) is 0 Å². The van der Waals surface area contributed by atoms with Gasteiger partial charge in [0.05, 0.1) is 13.2 Å². The van der Waals surface area contributed by atoms with Crippen LogP contribution in [0.15, 0.2) is 4.99 Å². The first-order valence-electron chi connectivity index (χ1n) is 7.93. The highest BCUT2D eigenvalue weighted by molar-refractivity contribution is 5.63. The Labute approximate surface area is 151 Å². The van der Waals surface area contributed by atoms with Crippen molar-refractivity contribution in [1.82, 2.24) is 0 Å². The summed E-state index contributed by atoms with van der Waals surface area (Å²) >= 11 is 0. The largest absolute Gasteiger partial charge is 0.387 e. The normalized spacial score (nSPS) is 33.1. The summed E-state index contributed by atoms with van der Waals surface area (Å²) in [4.78, 5) is 14.5. The highest BCUT2D eigenvalue weighted by Crippen LogP contribution is 2.22. The van der Waals surface area contributed by atoms with Crippen molar-refractivity contribution in [2.75, 3.05) is 34.5 Å². The van der Waals surface area contributed by atoms with E-state index in [-0.39, 0.29) is 19.5 Å². The van der Waals surface area contributed by atoms with Crippen molar-refractivity contribution in [3.63, 3.8) is 0 Å². The van der Waals surface area contributed by atoms with Gasteiger partial charge >= 0.3 is 0 Å². The van der Waals surface area contributed by atoms with Crippen LogP contribution >= 0.6 is 0 Å². The summed E-state index contributed by atoms with van der Waals surface area (Å²) in [7, 11) is 4.13. The molecule has 152 valence electrons. The Hall–Kier alpha value is -1.02. The summed E-state index contributed by atoms with van der Waals surface area (Å²) in [6.07, 6.45) is -8.49. The van der Waals surface area contributed by atoms with Gasteiger partial charge in [-0.1, -0.05) is 0 Å². The molecule has 8 unspecified atom stereocenters. The van der Waals surface area contributed by atoms with E-state index in [0.29, 0.717) is 0 Å². The molecule has 8 atom stereocenters. The molecule has 0 aliphatic carbocycles. The lowest BCUT2D eigenvalue weighted by Gasteiger charge is -2.40. The van der Waals surface area contributed by atoms with Gasteiger partial charge in [-0.2, -0.15) is 0 Å². The van der Waals surface area contributed by atoms with E-state index in [1.165, 1.54) is 27.5 Å². The molecule has 11 nitrogen and oxygen atoms in total. The number of hydrogen-bond donors (Lipinski definition) is 4. The van der Waals surface area contributed by atoms with Crippen LogP contribution in [-0.4, -0.2) is 117 Å². The van der Waals surface area contributed by atoms with E-state index in [1.807, 2.05) is 0 Å². The molecule has 0 bridgehead atoms. The highest BCUT2D eigenvalue weighted by Gasteiger charge is 2.44. The lowest BCUT2D eigenvalue weighted by molar-refractivity contribution is -0.307. The van der Waals surface area contributed by atoms with Crippen LogP contribution in [0.5, 0.6) is 0 Å². The highest BCUT2D eigenvalue weighted by atomic mass is 16.7. The molecule has 0 saturated carbocycles. The minimum Gasteiger partial charge on any atom is -0.387 e. The molecule has 0 aromatic carbocycles. The first-order chi connectivity index (χ1) is 12.4. The van der Waals surface area contributed by atoms with Gasteiger partial charge in [0.2, 0.25) is 0 Å². The molecule has 1 fully saturated rings. The molecule has 1 rings (SSSR count). The quantitative estimate of drug-likeness (QED) is 0.166. The molecule has 0 radical (unpaired) electrons. The molecule has 1 saturated heterocycles. The number of aliphatic hydroxyl groups is 4. The van der Waals surface area contributed by atoms with Crippen LogP contribution in [0.4, 0.5) is 0 Å². The number of aliphatic hydroxyl groups excluding tert-OH is 4. The smallest absolute Gasteiger partial charge is 0.190 e. The van der Waals surface area contributed by atoms with Crippen LogP contribution < -0.4 is 0 Å². The summed E-state index contributed by atoms with van der Waals surface area (Å²) in [6.45, 7) is -0.217. The standard InChI is InChI=1S/C15H27NO10/c1-16-4-8(25-14(23-3)9(18)5-17)6-24-15-13(21)12(20)11(19)10(26-15)7-22-2/h4-5,8-15,18-21H,6-7H2,1-3H3. The van der Waals surface area contributed by atoms with Crippen molar-refractivity contribution in [1.29, 1.82) is 0 Å². The Bertz CT molecular complexity index is 437. The number of methoxy groups -OCH3 is 2. The van der Waals surface area contributed by atoms with Gasteiger partial charge in [0, 0.05) is 27.5 Å². The zero-order chi connectivity index (χ0) is 19.7. The molecule has 0 amide bonds. The predicted molar refractivity (Wildman–Crippen MR) is 86.7 cm³/mol. The van der Waals surface area contributed by atoms with Crippen molar-refractivity contribution in [3.05, 3.63) is 0 Å². The molecule has 0 aromatic rings. The Morgan fingerprint density at radius 2 is 1.88 bits per heavy atom. The SMILES string of the molecule is CN=CC(COC1OC(COC)C(O)C(O)C1O)OC(OC)C(O)C=O. The third kappa shape index (κ3) is 6.30. The van der Waals surface area contributed by atoms with Gasteiger partial charge in [0.15, 0.2) is 25.0 Å². The average Bonchev–Trinajstić information content (AvgIpc) is 2.64. The number of aldehydes is 1. The molecule has 4 N–H and O–H groups in total. The van der Waals surface area contributed by atoms with Gasteiger partial charge in [0.25, 0.3) is 0 Å². The zero-order valence-electron chi connectivity index (χ0n) is 14.9. The predicted octanol–water partition coefficient (Wildman–Crippen LogP) is -2.92. The summed E-state index contributed by atoms with van der Waals surface area (Å²) in [5.41, 5.74) is 0. The monoisotopic (exact) mass is 381 g/mol. The molecule has 0 spiro atoms. The van der Waals surface area contributed by atoms with E-state index in [1.54, 1.807) is 0 Å². The number of ether oxygens (including phenoxy) is 5. The molecule has 1 aliphatic rings. The number of hydrogen-bond acceptors (Lipinski definition) is 11. The van der Waals surface area contributed by atoms with E-state index in [0.717, 1.165) is 0 Å². The topological polar surface area (TPSA) is 156 Å². The Kier molecular flexibility index (Phi) is 10.3. The molecule has 0 aromatic heterocycles. The summed E-state index contributed by atoms with van der Waals surface area (Å²) < 4.78 is 26.0. The van der Waals surface area contributed by atoms with Crippen LogP contribution in [0, 0.1) is 0 Å². The van der Waals surface area contributed by atoms with Crippen LogP contribution in [0.2, 0.25) is 0 Å². The Morgan fingerprint density at radius 3 is 2.42 bits per heavy atom. The zero-order valence-corrected chi connectivity index (χ0v) is 14.9. The minimum absolute atomic E-state index is 0.0154. The minimum atomic E-state index is -1.51. The van der Waals surface area contributed by atoms with E-state index in [4.69, 9.17) is 23.7 Å². The van der Waals surface area contributed by atoms with Crippen LogP contribution in [0.25, 0.3) is 0 Å². The van der Waals surface area contributed by atoms with E-state index < -0.39 is 49.2 Å². The van der Waals surface area contributed by atoms with Crippen molar-refractivity contribution in [2.24, 2.45) is 4.99 Å². The third-order valence-corrected chi connectivity index (χ3v) is 3.70. The fourth-order valence-corrected chi connectivity index (χ4v) is 2.34. The van der Waals surface area contributed by atoms with E-state index in [2.05, 4.69) is 4.99 Å². The van der Waals surface area contributed by atoms with Gasteiger partial charge < -0.3 is 48.9 Å². The van der Waals surface area contributed by atoms with Crippen molar-refractivity contribution >= 4 is 12.5 Å². The second-order valence-electron chi connectivity index (χ2n) is 5.62. The van der Waals surface area contributed by atoms with Crippen molar-refractivity contribution in [3.8, 4) is 0 Å². The van der Waals surface area contributed by atoms with Gasteiger partial charge in [0.1, 0.15) is 30.5 Å². The molecular weight excluding hydrogens is 354 g/mol. The lowest BCUT2D eigenvalue weighted by Crippen LogP contribution is -2.59. The second kappa shape index (κ2) is 11.6. The fraction of sp³-hybridized carbons (Fsp3) is 0.867. The maximum atomic E-state index is 10.7. The number of aliphatic imine (C=N–C) groups is 1. The van der Waals surface area contributed by atoms with Gasteiger partial charge in [-0.25, -0.2) is 0 Å².